The summed E-state index contributed by atoms with van der Waals surface area (Å²) in [4.78, 5) is 72.5. The van der Waals surface area contributed by atoms with Gasteiger partial charge in [0, 0.05) is 25.7 Å². The lowest BCUT2D eigenvalue weighted by Gasteiger charge is -2.21. The van der Waals surface area contributed by atoms with E-state index >= 15 is 0 Å². The molecule has 89 heavy (non-hydrogen) atoms. The van der Waals surface area contributed by atoms with Gasteiger partial charge in [0.1, 0.15) is 19.3 Å². The molecule has 3 unspecified atom stereocenters. The molecule has 0 saturated heterocycles. The van der Waals surface area contributed by atoms with Gasteiger partial charge < -0.3 is 33.8 Å². The van der Waals surface area contributed by atoms with E-state index in [0.717, 1.165) is 114 Å². The van der Waals surface area contributed by atoms with Gasteiger partial charge in [-0.1, -0.05) is 293 Å². The number of aliphatic hydroxyl groups excluding tert-OH is 1. The Morgan fingerprint density at radius 3 is 0.697 bits per heavy atom. The molecule has 0 aliphatic heterocycles. The van der Waals surface area contributed by atoms with Crippen molar-refractivity contribution in [1.29, 1.82) is 0 Å². The third-order valence-electron chi connectivity index (χ3n) is 16.1. The average molecular weight is 1310 g/mol. The largest absolute Gasteiger partial charge is 0.472 e. The average Bonchev–Trinajstić information content (AvgIpc) is 3.68. The van der Waals surface area contributed by atoms with Gasteiger partial charge in [-0.3, -0.25) is 37.3 Å². The highest BCUT2D eigenvalue weighted by molar-refractivity contribution is 7.47. The fourth-order valence-electron chi connectivity index (χ4n) is 10.5. The number of unbranched alkanes of at least 4 members (excludes halogenated alkanes) is 33. The van der Waals surface area contributed by atoms with Gasteiger partial charge in [0.05, 0.1) is 26.4 Å². The standard InChI is InChI=1S/C70H136O17P2/c1-60(2)46-38-30-22-14-9-11-17-28-36-44-52-69(74)86-65(56-80-67(72)50-42-34-26-19-13-16-24-32-40-48-62(5)6)58-84-88(76,77)82-54-64(71)55-83-89(78,79)85-59-66(57-81-68(73)51-43-35-27-21-20-25-33-41-49-63(7)8)87-70(75)53-45-37-29-18-12-10-15-23-31-39-47-61(3)4/h60-66,71H,9-59H2,1-8H3,(H,76,77)(H,78,79)/t64?,65-,66-/m1/s1. The summed E-state index contributed by atoms with van der Waals surface area (Å²) in [5.74, 6) is 0.845. The molecule has 0 rings (SSSR count). The number of phosphoric ester groups is 2. The molecule has 0 radical (unpaired) electrons. The number of hydrogen-bond donors (Lipinski definition) is 3. The summed E-state index contributed by atoms with van der Waals surface area (Å²) in [7, 11) is -9.90. The number of carbonyl (C=O) groups is 4. The van der Waals surface area contributed by atoms with Crippen molar-refractivity contribution in [1.82, 2.24) is 0 Å². The SMILES string of the molecule is CC(C)CCCCCCCCCCCCC(=O)O[C@H](COC(=O)CCCCCCCCCCCC(C)C)COP(=O)(O)OCC(O)COP(=O)(O)OC[C@@H](COC(=O)CCCCCCCCCCC(C)C)OC(=O)CCCCCCCCCCCCC(C)C. The van der Waals surface area contributed by atoms with Crippen LogP contribution >= 0.6 is 15.6 Å². The maximum Gasteiger partial charge on any atom is 0.472 e. The Balaban J connectivity index is 5.27. The van der Waals surface area contributed by atoms with Crippen LogP contribution in [0.5, 0.6) is 0 Å². The Kier molecular flexibility index (Phi) is 58.5. The van der Waals surface area contributed by atoms with Gasteiger partial charge in [0.25, 0.3) is 0 Å². The number of hydrogen-bond acceptors (Lipinski definition) is 15. The first-order valence-corrected chi connectivity index (χ1v) is 39.2. The number of phosphoric acid groups is 2. The van der Waals surface area contributed by atoms with Gasteiger partial charge in [0.15, 0.2) is 12.2 Å². The van der Waals surface area contributed by atoms with Crippen molar-refractivity contribution >= 4 is 39.5 Å². The van der Waals surface area contributed by atoms with Gasteiger partial charge in [-0.05, 0) is 49.4 Å². The first-order valence-electron chi connectivity index (χ1n) is 36.2. The minimum absolute atomic E-state index is 0.105. The fourth-order valence-corrected chi connectivity index (χ4v) is 12.1. The van der Waals surface area contributed by atoms with Crippen molar-refractivity contribution in [3.8, 4) is 0 Å². The molecule has 0 spiro atoms. The first kappa shape index (κ1) is 87.1. The lowest BCUT2D eigenvalue weighted by atomic mass is 10.0. The van der Waals surface area contributed by atoms with E-state index < -0.39 is 97.5 Å². The van der Waals surface area contributed by atoms with E-state index in [1.807, 2.05) is 0 Å². The summed E-state index contributed by atoms with van der Waals surface area (Å²) in [5, 5.41) is 10.6. The summed E-state index contributed by atoms with van der Waals surface area (Å²) in [6, 6.07) is 0. The van der Waals surface area contributed by atoms with E-state index in [-0.39, 0.29) is 25.7 Å². The van der Waals surface area contributed by atoms with E-state index in [9.17, 15) is 43.2 Å². The van der Waals surface area contributed by atoms with Crippen molar-refractivity contribution in [2.45, 2.75) is 363 Å². The molecule has 0 aromatic carbocycles. The van der Waals surface area contributed by atoms with Crippen LogP contribution in [0.15, 0.2) is 0 Å². The first-order chi connectivity index (χ1) is 42.6. The molecule has 5 atom stereocenters. The molecule has 528 valence electrons. The number of aliphatic hydroxyl groups is 1. The molecule has 0 aromatic heterocycles. The Morgan fingerprint density at radius 2 is 0.472 bits per heavy atom. The molecule has 17 nitrogen and oxygen atoms in total. The predicted molar refractivity (Wildman–Crippen MR) is 358 cm³/mol. The molecule has 0 aliphatic rings. The van der Waals surface area contributed by atoms with Crippen LogP contribution in [-0.4, -0.2) is 96.7 Å². The Labute approximate surface area is 543 Å². The van der Waals surface area contributed by atoms with E-state index in [2.05, 4.69) is 55.4 Å². The van der Waals surface area contributed by atoms with E-state index in [1.165, 1.54) is 148 Å². The van der Waals surface area contributed by atoms with Gasteiger partial charge in [-0.15, -0.1) is 0 Å². The Bertz CT molecular complexity index is 1760. The summed E-state index contributed by atoms with van der Waals surface area (Å²) in [6.45, 7) is 14.1. The zero-order chi connectivity index (χ0) is 66.1. The Morgan fingerprint density at radius 1 is 0.281 bits per heavy atom. The van der Waals surface area contributed by atoms with Gasteiger partial charge in [-0.25, -0.2) is 9.13 Å². The molecule has 0 heterocycles. The van der Waals surface area contributed by atoms with Crippen LogP contribution in [0.2, 0.25) is 0 Å². The lowest BCUT2D eigenvalue weighted by Crippen LogP contribution is -2.30. The number of esters is 4. The smallest absolute Gasteiger partial charge is 0.462 e. The maximum atomic E-state index is 13.0. The topological polar surface area (TPSA) is 237 Å². The van der Waals surface area contributed by atoms with Gasteiger partial charge >= 0.3 is 39.5 Å². The summed E-state index contributed by atoms with van der Waals surface area (Å²) >= 11 is 0. The third kappa shape index (κ3) is 64.6. The molecule has 19 heteroatoms. The van der Waals surface area contributed by atoms with Crippen molar-refractivity contribution in [2.75, 3.05) is 39.6 Å². The van der Waals surface area contributed by atoms with Crippen molar-refractivity contribution < 1.29 is 80.2 Å². The zero-order valence-electron chi connectivity index (χ0n) is 58.1. The van der Waals surface area contributed by atoms with E-state index in [0.29, 0.717) is 25.7 Å². The third-order valence-corrected chi connectivity index (χ3v) is 18.0. The second-order valence-electron chi connectivity index (χ2n) is 27.2. The van der Waals surface area contributed by atoms with Crippen LogP contribution in [0.25, 0.3) is 0 Å². The molecule has 0 saturated carbocycles. The highest BCUT2D eigenvalue weighted by Crippen LogP contribution is 2.45. The summed E-state index contributed by atoms with van der Waals surface area (Å²) in [5.41, 5.74) is 0. The highest BCUT2D eigenvalue weighted by atomic mass is 31.2. The predicted octanol–water partition coefficient (Wildman–Crippen LogP) is 19.7. The summed E-state index contributed by atoms with van der Waals surface area (Å²) < 4.78 is 68.3. The van der Waals surface area contributed by atoms with Crippen molar-refractivity contribution in [3.63, 3.8) is 0 Å². The van der Waals surface area contributed by atoms with Crippen LogP contribution in [0.1, 0.15) is 344 Å². The molecule has 0 bridgehead atoms. The van der Waals surface area contributed by atoms with Crippen LogP contribution in [-0.2, 0) is 65.4 Å². The second-order valence-corrected chi connectivity index (χ2v) is 30.1. The van der Waals surface area contributed by atoms with Gasteiger partial charge in [0.2, 0.25) is 0 Å². The maximum absolute atomic E-state index is 13.0. The van der Waals surface area contributed by atoms with Gasteiger partial charge in [-0.2, -0.15) is 0 Å². The van der Waals surface area contributed by atoms with Crippen molar-refractivity contribution in [3.05, 3.63) is 0 Å². The number of ether oxygens (including phenoxy) is 4. The van der Waals surface area contributed by atoms with Crippen molar-refractivity contribution in [2.24, 2.45) is 23.7 Å². The number of rotatable bonds is 67. The summed E-state index contributed by atoms with van der Waals surface area (Å²) in [6.07, 6.45) is 41.7. The quantitative estimate of drug-likeness (QED) is 0.0222. The zero-order valence-corrected chi connectivity index (χ0v) is 59.8. The molecular weight excluding hydrogens is 1170 g/mol. The molecular formula is C70H136O17P2. The molecule has 0 fully saturated rings. The molecule has 3 N–H and O–H groups in total. The van der Waals surface area contributed by atoms with Crippen LogP contribution in [0, 0.1) is 23.7 Å². The molecule has 0 amide bonds. The minimum Gasteiger partial charge on any atom is -0.462 e. The lowest BCUT2D eigenvalue weighted by molar-refractivity contribution is -0.161. The van der Waals surface area contributed by atoms with Crippen LogP contribution in [0.3, 0.4) is 0 Å². The number of carbonyl (C=O) groups excluding carboxylic acids is 4. The Hall–Kier alpha value is -1.94. The minimum atomic E-state index is -4.95. The normalized spacial score (nSPS) is 14.3. The van der Waals surface area contributed by atoms with E-state index in [4.69, 9.17) is 37.0 Å². The fraction of sp³-hybridized carbons (Fsp3) is 0.943. The molecule has 0 aromatic rings. The van der Waals surface area contributed by atoms with Crippen LogP contribution < -0.4 is 0 Å². The monoisotopic (exact) mass is 1310 g/mol. The highest BCUT2D eigenvalue weighted by Gasteiger charge is 2.30. The molecule has 0 aliphatic carbocycles. The van der Waals surface area contributed by atoms with Crippen LogP contribution in [0.4, 0.5) is 0 Å². The second kappa shape index (κ2) is 59.8. The van der Waals surface area contributed by atoms with E-state index in [1.54, 1.807) is 0 Å².